The molecule has 0 saturated carbocycles. The Morgan fingerprint density at radius 2 is 2.33 bits per heavy atom. The fourth-order valence-corrected chi connectivity index (χ4v) is 4.58. The largest absolute Gasteiger partial charge is 0.315 e. The van der Waals surface area contributed by atoms with Crippen molar-refractivity contribution in [1.29, 1.82) is 0 Å². The van der Waals surface area contributed by atoms with Gasteiger partial charge in [0.1, 0.15) is 4.21 Å². The van der Waals surface area contributed by atoms with Gasteiger partial charge in [-0.3, -0.25) is 10.1 Å². The van der Waals surface area contributed by atoms with E-state index in [-0.39, 0.29) is 20.3 Å². The number of nitro groups is 1. The highest BCUT2D eigenvalue weighted by atomic mass is 35.5. The Bertz CT molecular complexity index is 565. The number of hydrogen-bond acceptors (Lipinski definition) is 6. The summed E-state index contributed by atoms with van der Waals surface area (Å²) in [6.07, 6.45) is 0.695. The van der Waals surface area contributed by atoms with Crippen LogP contribution in [0, 0.1) is 10.1 Å². The minimum Gasteiger partial charge on any atom is -0.315 e. The van der Waals surface area contributed by atoms with Gasteiger partial charge in [-0.2, -0.15) is 0 Å². The van der Waals surface area contributed by atoms with Gasteiger partial charge in [-0.05, 0) is 13.0 Å². The minimum atomic E-state index is -3.74. The first-order chi connectivity index (χ1) is 8.40. The van der Waals surface area contributed by atoms with E-state index < -0.39 is 14.9 Å². The molecule has 1 saturated heterocycles. The Morgan fingerprint density at radius 3 is 2.83 bits per heavy atom. The number of sulfonamides is 1. The number of nitrogens with one attached hydrogen (secondary N) is 2. The van der Waals surface area contributed by atoms with Crippen molar-refractivity contribution in [3.05, 3.63) is 20.5 Å². The van der Waals surface area contributed by atoms with Crippen LogP contribution in [0.1, 0.15) is 6.42 Å². The standard InChI is InChI=1S/C8H10ClN3O4S2/c9-8-6(12(13)14)3-7(17-8)18(15,16)11-5-1-2-10-4-5/h3,5,10-11H,1-2,4H2. The van der Waals surface area contributed by atoms with Crippen molar-refractivity contribution in [1.82, 2.24) is 10.0 Å². The van der Waals surface area contributed by atoms with Crippen LogP contribution in [0.5, 0.6) is 0 Å². The molecule has 1 aromatic heterocycles. The Hall–Kier alpha value is -0.740. The zero-order valence-electron chi connectivity index (χ0n) is 9.05. The van der Waals surface area contributed by atoms with Gasteiger partial charge in [0.05, 0.1) is 4.92 Å². The molecule has 0 radical (unpaired) electrons. The van der Waals surface area contributed by atoms with Crippen molar-refractivity contribution in [2.24, 2.45) is 0 Å². The van der Waals surface area contributed by atoms with Gasteiger partial charge >= 0.3 is 0 Å². The van der Waals surface area contributed by atoms with Crippen LogP contribution in [0.15, 0.2) is 10.3 Å². The summed E-state index contributed by atoms with van der Waals surface area (Å²) in [6.45, 7) is 1.30. The molecule has 1 aliphatic rings. The first kappa shape index (κ1) is 13.7. The molecule has 10 heteroatoms. The lowest BCUT2D eigenvalue weighted by Gasteiger charge is -2.09. The van der Waals surface area contributed by atoms with Crippen molar-refractivity contribution in [3.8, 4) is 0 Å². The van der Waals surface area contributed by atoms with E-state index in [1.807, 2.05) is 0 Å². The summed E-state index contributed by atoms with van der Waals surface area (Å²) in [6, 6.07) is 0.799. The quantitative estimate of drug-likeness (QED) is 0.637. The molecule has 0 aromatic carbocycles. The predicted molar refractivity (Wildman–Crippen MR) is 67.6 cm³/mol. The summed E-state index contributed by atoms with van der Waals surface area (Å²) >= 11 is 6.32. The van der Waals surface area contributed by atoms with Crippen LogP contribution in [-0.2, 0) is 10.0 Å². The van der Waals surface area contributed by atoms with Crippen LogP contribution in [0.3, 0.4) is 0 Å². The first-order valence-corrected chi connectivity index (χ1v) is 7.74. The van der Waals surface area contributed by atoms with Crippen molar-refractivity contribution in [2.45, 2.75) is 16.7 Å². The van der Waals surface area contributed by atoms with Crippen molar-refractivity contribution >= 4 is 38.6 Å². The van der Waals surface area contributed by atoms with Crippen LogP contribution in [0.25, 0.3) is 0 Å². The third-order valence-electron chi connectivity index (χ3n) is 2.49. The average Bonchev–Trinajstić information content (AvgIpc) is 2.86. The molecular weight excluding hydrogens is 302 g/mol. The Labute approximate surface area is 112 Å². The minimum absolute atomic E-state index is 0.133. The predicted octanol–water partition coefficient (Wildman–Crippen LogP) is 0.950. The molecular formula is C8H10ClN3O4S2. The Kier molecular flexibility index (Phi) is 3.87. The molecule has 1 atom stereocenters. The van der Waals surface area contributed by atoms with Crippen molar-refractivity contribution in [2.75, 3.05) is 13.1 Å². The molecule has 18 heavy (non-hydrogen) atoms. The molecule has 1 aliphatic heterocycles. The number of rotatable bonds is 4. The van der Waals surface area contributed by atoms with Gasteiger partial charge < -0.3 is 5.32 Å². The van der Waals surface area contributed by atoms with Crippen molar-refractivity contribution < 1.29 is 13.3 Å². The number of thiophene rings is 1. The van der Waals surface area contributed by atoms with Gasteiger partial charge in [-0.15, -0.1) is 11.3 Å². The van der Waals surface area contributed by atoms with Gasteiger partial charge in [0.25, 0.3) is 15.7 Å². The average molecular weight is 312 g/mol. The molecule has 2 heterocycles. The normalized spacial score (nSPS) is 20.2. The van der Waals surface area contributed by atoms with E-state index in [0.717, 1.165) is 12.6 Å². The van der Waals surface area contributed by atoms with Crippen LogP contribution < -0.4 is 10.0 Å². The van der Waals surface area contributed by atoms with E-state index in [1.54, 1.807) is 0 Å². The SMILES string of the molecule is O=[N+]([O-])c1cc(S(=O)(=O)NC2CCNC2)sc1Cl. The van der Waals surface area contributed by atoms with E-state index in [1.165, 1.54) is 0 Å². The lowest BCUT2D eigenvalue weighted by atomic mass is 10.3. The van der Waals surface area contributed by atoms with E-state index in [0.29, 0.717) is 24.3 Å². The zero-order chi connectivity index (χ0) is 13.3. The molecule has 1 unspecified atom stereocenters. The van der Waals surface area contributed by atoms with E-state index >= 15 is 0 Å². The maximum atomic E-state index is 12.0. The smallest absolute Gasteiger partial charge is 0.300 e. The maximum absolute atomic E-state index is 12.0. The molecule has 7 nitrogen and oxygen atoms in total. The van der Waals surface area contributed by atoms with Gasteiger partial charge in [0.2, 0.25) is 0 Å². The molecule has 1 fully saturated rings. The van der Waals surface area contributed by atoms with Crippen molar-refractivity contribution in [3.63, 3.8) is 0 Å². The fraction of sp³-hybridized carbons (Fsp3) is 0.500. The number of nitrogens with zero attached hydrogens (tertiary/aromatic N) is 1. The van der Waals surface area contributed by atoms with Crippen LogP contribution in [0.4, 0.5) is 5.69 Å². The second-order valence-electron chi connectivity index (χ2n) is 3.79. The van der Waals surface area contributed by atoms with E-state index in [4.69, 9.17) is 11.6 Å². The van der Waals surface area contributed by atoms with Crippen LogP contribution in [0.2, 0.25) is 4.34 Å². The number of hydrogen-bond donors (Lipinski definition) is 2. The zero-order valence-corrected chi connectivity index (χ0v) is 11.4. The lowest BCUT2D eigenvalue weighted by molar-refractivity contribution is -0.384. The number of halogens is 1. The van der Waals surface area contributed by atoms with Gasteiger partial charge in [-0.25, -0.2) is 13.1 Å². The highest BCUT2D eigenvalue weighted by molar-refractivity contribution is 7.91. The summed E-state index contributed by atoms with van der Waals surface area (Å²) in [4.78, 5) is 9.91. The van der Waals surface area contributed by atoms with Crippen LogP contribution in [-0.4, -0.2) is 32.5 Å². The molecule has 0 aliphatic carbocycles. The second-order valence-corrected chi connectivity index (χ2v) is 7.39. The maximum Gasteiger partial charge on any atom is 0.300 e. The Balaban J connectivity index is 2.24. The molecule has 2 rings (SSSR count). The molecule has 100 valence electrons. The summed E-state index contributed by atoms with van der Waals surface area (Å²) < 4.78 is 26.2. The molecule has 0 amide bonds. The molecule has 2 N–H and O–H groups in total. The summed E-state index contributed by atoms with van der Waals surface area (Å²) in [5.74, 6) is 0. The van der Waals surface area contributed by atoms with Gasteiger partial charge in [-0.1, -0.05) is 11.6 Å². The van der Waals surface area contributed by atoms with E-state index in [2.05, 4.69) is 10.0 Å². The summed E-state index contributed by atoms with van der Waals surface area (Å²) in [5.41, 5.74) is -0.383. The third-order valence-corrected chi connectivity index (χ3v) is 5.82. The highest BCUT2D eigenvalue weighted by Crippen LogP contribution is 2.36. The first-order valence-electron chi connectivity index (χ1n) is 5.07. The monoisotopic (exact) mass is 311 g/mol. The lowest BCUT2D eigenvalue weighted by Crippen LogP contribution is -2.35. The highest BCUT2D eigenvalue weighted by Gasteiger charge is 2.28. The van der Waals surface area contributed by atoms with Gasteiger partial charge in [0, 0.05) is 18.7 Å². The molecule has 1 aromatic rings. The van der Waals surface area contributed by atoms with Crippen LogP contribution >= 0.6 is 22.9 Å². The Morgan fingerprint density at radius 1 is 1.61 bits per heavy atom. The third kappa shape index (κ3) is 2.81. The van der Waals surface area contributed by atoms with Gasteiger partial charge in [0.15, 0.2) is 4.34 Å². The summed E-state index contributed by atoms with van der Waals surface area (Å²) in [5, 5.41) is 13.6. The molecule has 0 spiro atoms. The summed E-state index contributed by atoms with van der Waals surface area (Å²) in [7, 11) is -3.74. The fourth-order valence-electron chi connectivity index (χ4n) is 1.63. The molecule has 0 bridgehead atoms. The topological polar surface area (TPSA) is 101 Å². The van der Waals surface area contributed by atoms with E-state index in [9.17, 15) is 18.5 Å². The second kappa shape index (κ2) is 5.10.